The second-order valence-electron chi connectivity index (χ2n) is 7.95. The molecule has 0 bridgehead atoms. The number of aromatic hydroxyl groups is 4. The van der Waals surface area contributed by atoms with Gasteiger partial charge in [-0.3, -0.25) is 0 Å². The molecule has 3 rings (SSSR count). The SMILES string of the molecule is CO[C@H]1O[C@H](COC(=O)/C=C/c2ccc(O)c(O)c2)[C@@H](O)[C@H](OC(=O)/C=C/c2ccc(O)c(O)c2)[C@H]1O. The average Bonchev–Trinajstić information content (AvgIpc) is 2.87. The molecule has 1 saturated heterocycles. The molecule has 0 amide bonds. The predicted molar refractivity (Wildman–Crippen MR) is 126 cm³/mol. The van der Waals surface area contributed by atoms with Crippen molar-refractivity contribution in [2.75, 3.05) is 13.7 Å². The predicted octanol–water partition coefficient (Wildman–Crippen LogP) is 0.784. The van der Waals surface area contributed by atoms with E-state index < -0.39 is 49.3 Å². The van der Waals surface area contributed by atoms with E-state index in [0.717, 1.165) is 12.2 Å². The fourth-order valence-electron chi connectivity index (χ4n) is 3.38. The van der Waals surface area contributed by atoms with Crippen LogP contribution in [-0.2, 0) is 28.5 Å². The Labute approximate surface area is 210 Å². The second kappa shape index (κ2) is 12.2. The molecule has 2 aromatic rings. The van der Waals surface area contributed by atoms with Crippen molar-refractivity contribution in [3.8, 4) is 23.0 Å². The maximum absolute atomic E-state index is 12.3. The molecule has 198 valence electrons. The number of aliphatic hydroxyl groups excluding tert-OH is 2. The zero-order valence-corrected chi connectivity index (χ0v) is 19.5. The van der Waals surface area contributed by atoms with E-state index in [1.165, 1.54) is 55.7 Å². The largest absolute Gasteiger partial charge is 0.504 e. The normalized spacial score (nSPS) is 23.8. The maximum Gasteiger partial charge on any atom is 0.331 e. The first-order chi connectivity index (χ1) is 17.6. The van der Waals surface area contributed by atoms with Crippen molar-refractivity contribution in [3.63, 3.8) is 0 Å². The van der Waals surface area contributed by atoms with E-state index in [9.17, 15) is 40.2 Å². The summed E-state index contributed by atoms with van der Waals surface area (Å²) in [7, 11) is 1.22. The van der Waals surface area contributed by atoms with Gasteiger partial charge in [0, 0.05) is 19.3 Å². The summed E-state index contributed by atoms with van der Waals surface area (Å²) in [5.74, 6) is -3.17. The van der Waals surface area contributed by atoms with Crippen LogP contribution in [-0.4, -0.2) is 87.0 Å². The molecule has 1 fully saturated rings. The molecule has 0 unspecified atom stereocenters. The van der Waals surface area contributed by atoms with E-state index in [-0.39, 0.29) is 23.0 Å². The number of aliphatic hydroxyl groups is 2. The molecule has 1 aliphatic rings. The fraction of sp³-hybridized carbons (Fsp3) is 0.280. The number of esters is 2. The zero-order chi connectivity index (χ0) is 27.1. The van der Waals surface area contributed by atoms with Crippen LogP contribution < -0.4 is 0 Å². The van der Waals surface area contributed by atoms with E-state index in [2.05, 4.69) is 0 Å². The zero-order valence-electron chi connectivity index (χ0n) is 19.5. The van der Waals surface area contributed by atoms with E-state index in [1.54, 1.807) is 0 Å². The molecule has 1 heterocycles. The molecule has 12 heteroatoms. The molecule has 0 aliphatic carbocycles. The summed E-state index contributed by atoms with van der Waals surface area (Å²) in [6, 6.07) is 7.80. The van der Waals surface area contributed by atoms with Crippen LogP contribution in [0.15, 0.2) is 48.6 Å². The molecule has 1 aliphatic heterocycles. The molecule has 37 heavy (non-hydrogen) atoms. The van der Waals surface area contributed by atoms with Crippen LogP contribution in [0.25, 0.3) is 12.2 Å². The Morgan fingerprint density at radius 1 is 0.838 bits per heavy atom. The number of hydrogen-bond acceptors (Lipinski definition) is 12. The topological polar surface area (TPSA) is 192 Å². The smallest absolute Gasteiger partial charge is 0.331 e. The molecule has 0 spiro atoms. The summed E-state index contributed by atoms with van der Waals surface area (Å²) in [6.07, 6.45) is -2.54. The van der Waals surface area contributed by atoms with Crippen molar-refractivity contribution < 1.29 is 59.2 Å². The van der Waals surface area contributed by atoms with Gasteiger partial charge in [0.1, 0.15) is 24.9 Å². The lowest BCUT2D eigenvalue weighted by molar-refractivity contribution is -0.296. The first-order valence-corrected chi connectivity index (χ1v) is 10.9. The summed E-state index contributed by atoms with van der Waals surface area (Å²) < 4.78 is 20.7. The Morgan fingerprint density at radius 3 is 1.89 bits per heavy atom. The highest BCUT2D eigenvalue weighted by atomic mass is 16.7. The highest BCUT2D eigenvalue weighted by molar-refractivity contribution is 5.88. The number of rotatable bonds is 8. The van der Waals surface area contributed by atoms with Gasteiger partial charge in [-0.25, -0.2) is 9.59 Å². The van der Waals surface area contributed by atoms with Crippen LogP contribution in [0.4, 0.5) is 0 Å². The summed E-state index contributed by atoms with van der Waals surface area (Å²) in [6.45, 7) is -0.478. The highest BCUT2D eigenvalue weighted by Crippen LogP contribution is 2.27. The van der Waals surface area contributed by atoms with Gasteiger partial charge in [-0.1, -0.05) is 12.1 Å². The number of ether oxygens (including phenoxy) is 4. The van der Waals surface area contributed by atoms with Crippen molar-refractivity contribution >= 4 is 24.1 Å². The van der Waals surface area contributed by atoms with E-state index in [0.29, 0.717) is 11.1 Å². The Morgan fingerprint density at radius 2 is 1.38 bits per heavy atom. The second-order valence-corrected chi connectivity index (χ2v) is 7.95. The fourth-order valence-corrected chi connectivity index (χ4v) is 3.38. The monoisotopic (exact) mass is 518 g/mol. The van der Waals surface area contributed by atoms with Crippen LogP contribution in [0.1, 0.15) is 11.1 Å². The lowest BCUT2D eigenvalue weighted by Gasteiger charge is -2.40. The lowest BCUT2D eigenvalue weighted by Crippen LogP contribution is -2.60. The number of methoxy groups -OCH3 is 1. The van der Waals surface area contributed by atoms with Crippen molar-refractivity contribution in [3.05, 3.63) is 59.7 Å². The lowest BCUT2D eigenvalue weighted by atomic mass is 9.99. The molecular formula is C25H26O12. The van der Waals surface area contributed by atoms with Crippen LogP contribution in [0.2, 0.25) is 0 Å². The highest BCUT2D eigenvalue weighted by Gasteiger charge is 2.47. The van der Waals surface area contributed by atoms with Gasteiger partial charge in [-0.15, -0.1) is 0 Å². The minimum absolute atomic E-state index is 0.316. The third kappa shape index (κ3) is 7.21. The molecule has 12 nitrogen and oxygen atoms in total. The molecular weight excluding hydrogens is 492 g/mol. The van der Waals surface area contributed by atoms with Crippen molar-refractivity contribution in [1.29, 1.82) is 0 Å². The number of carbonyl (C=O) groups excluding carboxylic acids is 2. The summed E-state index contributed by atoms with van der Waals surface area (Å²) in [5.41, 5.74) is 0.779. The van der Waals surface area contributed by atoms with Crippen molar-refractivity contribution in [2.45, 2.75) is 30.7 Å². The van der Waals surface area contributed by atoms with Crippen LogP contribution in [0.3, 0.4) is 0 Å². The molecule has 6 N–H and O–H groups in total. The van der Waals surface area contributed by atoms with Gasteiger partial charge >= 0.3 is 11.9 Å². The van der Waals surface area contributed by atoms with E-state index in [1.807, 2.05) is 0 Å². The number of phenols is 4. The molecule has 2 aromatic carbocycles. The van der Waals surface area contributed by atoms with Crippen molar-refractivity contribution in [2.24, 2.45) is 0 Å². The van der Waals surface area contributed by atoms with Crippen LogP contribution in [0, 0.1) is 0 Å². The molecule has 0 aromatic heterocycles. The number of carbonyl (C=O) groups is 2. The first kappa shape index (κ1) is 27.5. The standard InChI is InChI=1S/C25H26O12/c1-34-25-23(33)24(37-21(31)9-5-14-3-7-16(27)18(29)11-14)22(32)19(36-25)12-35-20(30)8-4-13-2-6-15(26)17(28)10-13/h2-11,19,22-29,32-33H,12H2,1H3/b8-4+,9-5+/t19-,22-,23-,24+,25+/m1/s1. The Hall–Kier alpha value is -4.10. The third-order valence-corrected chi connectivity index (χ3v) is 5.34. The molecule has 0 radical (unpaired) electrons. The molecule has 5 atom stereocenters. The Kier molecular flexibility index (Phi) is 9.09. The van der Waals surface area contributed by atoms with Gasteiger partial charge in [0.05, 0.1) is 0 Å². The van der Waals surface area contributed by atoms with Gasteiger partial charge in [-0.2, -0.15) is 0 Å². The minimum atomic E-state index is -1.60. The summed E-state index contributed by atoms with van der Waals surface area (Å²) in [4.78, 5) is 24.4. The van der Waals surface area contributed by atoms with E-state index in [4.69, 9.17) is 18.9 Å². The van der Waals surface area contributed by atoms with Gasteiger partial charge in [0.2, 0.25) is 0 Å². The summed E-state index contributed by atoms with van der Waals surface area (Å²) >= 11 is 0. The van der Waals surface area contributed by atoms with Gasteiger partial charge in [0.25, 0.3) is 0 Å². The Bertz CT molecular complexity index is 1170. The summed E-state index contributed by atoms with van der Waals surface area (Å²) in [5, 5.41) is 58.8. The van der Waals surface area contributed by atoms with Crippen LogP contribution in [0.5, 0.6) is 23.0 Å². The Balaban J connectivity index is 1.61. The van der Waals surface area contributed by atoms with Gasteiger partial charge in [-0.05, 0) is 47.5 Å². The minimum Gasteiger partial charge on any atom is -0.504 e. The van der Waals surface area contributed by atoms with Crippen molar-refractivity contribution in [1.82, 2.24) is 0 Å². The van der Waals surface area contributed by atoms with E-state index >= 15 is 0 Å². The molecule has 0 saturated carbocycles. The number of benzene rings is 2. The van der Waals surface area contributed by atoms with Gasteiger partial charge in [0.15, 0.2) is 35.4 Å². The first-order valence-electron chi connectivity index (χ1n) is 10.9. The van der Waals surface area contributed by atoms with Gasteiger partial charge < -0.3 is 49.6 Å². The number of hydrogen-bond donors (Lipinski definition) is 6. The third-order valence-electron chi connectivity index (χ3n) is 5.34. The number of phenolic OH excluding ortho intramolecular Hbond substituents is 4. The maximum atomic E-state index is 12.3. The van der Waals surface area contributed by atoms with Crippen LogP contribution >= 0.6 is 0 Å². The quantitative estimate of drug-likeness (QED) is 0.164. The average molecular weight is 518 g/mol.